The van der Waals surface area contributed by atoms with Gasteiger partial charge < -0.3 is 0 Å². The molecule has 20 heavy (non-hydrogen) atoms. The minimum absolute atomic E-state index is 0.215. The Morgan fingerprint density at radius 3 is 2.50 bits per heavy atom. The van der Waals surface area contributed by atoms with E-state index in [0.29, 0.717) is 16.5 Å². The average molecular weight is 291 g/mol. The lowest BCUT2D eigenvalue weighted by molar-refractivity contribution is 0.626. The fourth-order valence-corrected chi connectivity index (χ4v) is 2.30. The number of hydrogen-bond acceptors (Lipinski definition) is 2. The van der Waals surface area contributed by atoms with Crippen molar-refractivity contribution in [2.45, 2.75) is 6.92 Å². The van der Waals surface area contributed by atoms with Crippen molar-refractivity contribution in [1.29, 1.82) is 0 Å². The summed E-state index contributed by atoms with van der Waals surface area (Å²) in [4.78, 5) is 8.40. The highest BCUT2D eigenvalue weighted by Crippen LogP contribution is 2.26. The van der Waals surface area contributed by atoms with Crippen molar-refractivity contribution in [3.05, 3.63) is 58.7 Å². The minimum atomic E-state index is -0.409. The van der Waals surface area contributed by atoms with Crippen LogP contribution in [0.25, 0.3) is 22.3 Å². The highest BCUT2D eigenvalue weighted by atomic mass is 35.5. The topological polar surface area (TPSA) is 25.8 Å². The third-order valence-electron chi connectivity index (χ3n) is 2.91. The summed E-state index contributed by atoms with van der Waals surface area (Å²) in [5.74, 6) is -0.511. The zero-order valence-electron chi connectivity index (χ0n) is 10.5. The summed E-state index contributed by atoms with van der Waals surface area (Å²) in [6.07, 6.45) is 0. The SMILES string of the molecule is Cc1cc(F)cc(-c2nc(Cl)c3ccc(F)cc3n2)c1. The molecule has 0 aliphatic rings. The number of nitrogens with zero attached hydrogens (tertiary/aromatic N) is 2. The summed E-state index contributed by atoms with van der Waals surface area (Å²) in [7, 11) is 0. The van der Waals surface area contributed by atoms with Crippen molar-refractivity contribution in [2.75, 3.05) is 0 Å². The summed E-state index contributed by atoms with van der Waals surface area (Å²) in [5.41, 5.74) is 1.65. The third-order valence-corrected chi connectivity index (χ3v) is 3.20. The Labute approximate surface area is 119 Å². The van der Waals surface area contributed by atoms with Crippen LogP contribution in [-0.2, 0) is 0 Å². The number of rotatable bonds is 1. The Morgan fingerprint density at radius 2 is 1.75 bits per heavy atom. The first-order valence-electron chi connectivity index (χ1n) is 5.93. The van der Waals surface area contributed by atoms with Crippen molar-refractivity contribution < 1.29 is 8.78 Å². The van der Waals surface area contributed by atoms with Gasteiger partial charge in [-0.1, -0.05) is 11.6 Å². The van der Waals surface area contributed by atoms with Crippen LogP contribution in [0.3, 0.4) is 0 Å². The van der Waals surface area contributed by atoms with Gasteiger partial charge in [0.15, 0.2) is 5.82 Å². The van der Waals surface area contributed by atoms with Gasteiger partial charge in [0, 0.05) is 17.0 Å². The lowest BCUT2D eigenvalue weighted by Crippen LogP contribution is -1.94. The monoisotopic (exact) mass is 290 g/mol. The van der Waals surface area contributed by atoms with Crippen LogP contribution < -0.4 is 0 Å². The first kappa shape index (κ1) is 12.9. The van der Waals surface area contributed by atoms with Crippen LogP contribution in [0.1, 0.15) is 5.56 Å². The molecular formula is C15H9ClF2N2. The molecule has 2 nitrogen and oxygen atoms in total. The largest absolute Gasteiger partial charge is 0.228 e. The molecule has 0 spiro atoms. The predicted octanol–water partition coefficient (Wildman–Crippen LogP) is 4.54. The van der Waals surface area contributed by atoms with E-state index in [1.165, 1.54) is 30.3 Å². The molecule has 2 aromatic carbocycles. The molecule has 3 rings (SSSR count). The van der Waals surface area contributed by atoms with E-state index in [0.717, 1.165) is 5.56 Å². The van der Waals surface area contributed by atoms with E-state index in [1.807, 2.05) is 0 Å². The zero-order valence-corrected chi connectivity index (χ0v) is 11.2. The molecule has 0 radical (unpaired) electrons. The lowest BCUT2D eigenvalue weighted by Gasteiger charge is -2.06. The molecule has 0 bridgehead atoms. The molecule has 0 atom stereocenters. The van der Waals surface area contributed by atoms with Gasteiger partial charge in [-0.3, -0.25) is 0 Å². The zero-order chi connectivity index (χ0) is 14.3. The molecule has 0 fully saturated rings. The quantitative estimate of drug-likeness (QED) is 0.615. The third kappa shape index (κ3) is 2.34. The normalized spacial score (nSPS) is 11.0. The molecule has 0 aliphatic carbocycles. The van der Waals surface area contributed by atoms with Crippen molar-refractivity contribution >= 4 is 22.5 Å². The second kappa shape index (κ2) is 4.80. The van der Waals surface area contributed by atoms with Gasteiger partial charge in [-0.2, -0.15) is 0 Å². The minimum Gasteiger partial charge on any atom is -0.228 e. The van der Waals surface area contributed by atoms with Gasteiger partial charge in [0.2, 0.25) is 0 Å². The van der Waals surface area contributed by atoms with E-state index in [4.69, 9.17) is 11.6 Å². The van der Waals surface area contributed by atoms with Crippen LogP contribution >= 0.6 is 11.6 Å². The molecule has 0 unspecified atom stereocenters. The fraction of sp³-hybridized carbons (Fsp3) is 0.0667. The van der Waals surface area contributed by atoms with E-state index in [-0.39, 0.29) is 16.8 Å². The highest BCUT2D eigenvalue weighted by Gasteiger charge is 2.10. The van der Waals surface area contributed by atoms with Crippen molar-refractivity contribution in [3.8, 4) is 11.4 Å². The van der Waals surface area contributed by atoms with Crippen LogP contribution in [0, 0.1) is 18.6 Å². The maximum atomic E-state index is 13.4. The summed E-state index contributed by atoms with van der Waals surface area (Å²) in [5, 5.41) is 0.775. The van der Waals surface area contributed by atoms with Crippen molar-refractivity contribution in [2.24, 2.45) is 0 Å². The van der Waals surface area contributed by atoms with Crippen molar-refractivity contribution in [1.82, 2.24) is 9.97 Å². The van der Waals surface area contributed by atoms with Crippen LogP contribution in [0.4, 0.5) is 8.78 Å². The number of aromatic nitrogens is 2. The highest BCUT2D eigenvalue weighted by molar-refractivity contribution is 6.34. The molecule has 0 saturated heterocycles. The van der Waals surface area contributed by atoms with Gasteiger partial charge in [0.05, 0.1) is 5.52 Å². The molecule has 1 aromatic heterocycles. The Morgan fingerprint density at radius 1 is 0.950 bits per heavy atom. The van der Waals surface area contributed by atoms with Gasteiger partial charge in [0.25, 0.3) is 0 Å². The van der Waals surface area contributed by atoms with E-state index in [2.05, 4.69) is 9.97 Å². The smallest absolute Gasteiger partial charge is 0.161 e. The molecule has 1 heterocycles. The fourth-order valence-electron chi connectivity index (χ4n) is 2.06. The Hall–Kier alpha value is -2.07. The second-order valence-corrected chi connectivity index (χ2v) is 4.87. The molecule has 0 N–H and O–H groups in total. The van der Waals surface area contributed by atoms with E-state index >= 15 is 0 Å². The van der Waals surface area contributed by atoms with Gasteiger partial charge in [-0.05, 0) is 42.8 Å². The average Bonchev–Trinajstić information content (AvgIpc) is 2.36. The van der Waals surface area contributed by atoms with Gasteiger partial charge in [-0.25, -0.2) is 18.7 Å². The first-order valence-corrected chi connectivity index (χ1v) is 6.31. The molecule has 100 valence electrons. The van der Waals surface area contributed by atoms with Crippen LogP contribution in [0.5, 0.6) is 0 Å². The molecule has 3 aromatic rings. The van der Waals surface area contributed by atoms with Gasteiger partial charge in [0.1, 0.15) is 16.8 Å². The summed E-state index contributed by atoms with van der Waals surface area (Å²) >= 11 is 6.08. The van der Waals surface area contributed by atoms with E-state index in [9.17, 15) is 8.78 Å². The maximum absolute atomic E-state index is 13.4. The number of halogens is 3. The molecule has 0 amide bonds. The Balaban J connectivity index is 2.26. The lowest BCUT2D eigenvalue weighted by atomic mass is 10.1. The molecule has 0 aliphatic heterocycles. The standard InChI is InChI=1S/C15H9ClF2N2/c1-8-4-9(6-11(18)5-8)15-19-13-7-10(17)2-3-12(13)14(16)20-15/h2-7H,1H3. The number of fused-ring (bicyclic) bond motifs is 1. The van der Waals surface area contributed by atoms with Gasteiger partial charge >= 0.3 is 0 Å². The van der Waals surface area contributed by atoms with Crippen molar-refractivity contribution in [3.63, 3.8) is 0 Å². The summed E-state index contributed by atoms with van der Waals surface area (Å²) in [6.45, 7) is 1.77. The van der Waals surface area contributed by atoms with Crippen LogP contribution in [0.15, 0.2) is 36.4 Å². The summed E-state index contributed by atoms with van der Waals surface area (Å²) < 4.78 is 26.7. The number of hydrogen-bond donors (Lipinski definition) is 0. The number of aryl methyl sites for hydroxylation is 1. The maximum Gasteiger partial charge on any atom is 0.161 e. The Kier molecular flexibility index (Phi) is 3.10. The van der Waals surface area contributed by atoms with E-state index < -0.39 is 5.82 Å². The van der Waals surface area contributed by atoms with E-state index in [1.54, 1.807) is 13.0 Å². The van der Waals surface area contributed by atoms with Gasteiger partial charge in [-0.15, -0.1) is 0 Å². The summed E-state index contributed by atoms with van der Waals surface area (Å²) in [6, 6.07) is 8.57. The second-order valence-electron chi connectivity index (χ2n) is 4.52. The number of benzene rings is 2. The van der Waals surface area contributed by atoms with Crippen LogP contribution in [-0.4, -0.2) is 9.97 Å². The molecule has 5 heteroatoms. The van der Waals surface area contributed by atoms with Crippen LogP contribution in [0.2, 0.25) is 5.15 Å². The Bertz CT molecular complexity index is 798. The first-order chi connectivity index (χ1) is 9.52. The molecule has 0 saturated carbocycles. The molecular weight excluding hydrogens is 282 g/mol. The predicted molar refractivity (Wildman–Crippen MR) is 74.6 cm³/mol.